The van der Waals surface area contributed by atoms with Crippen molar-refractivity contribution in [2.75, 3.05) is 13.7 Å². The predicted molar refractivity (Wildman–Crippen MR) is 59.0 cm³/mol. The molecule has 84 valence electrons. The lowest BCUT2D eigenvalue weighted by Crippen LogP contribution is -2.36. The molecule has 1 N–H and O–H groups in total. The van der Waals surface area contributed by atoms with E-state index in [4.69, 9.17) is 39.5 Å². The third-order valence-electron chi connectivity index (χ3n) is 1.59. The number of alkyl halides is 3. The van der Waals surface area contributed by atoms with E-state index in [0.29, 0.717) is 6.42 Å². The van der Waals surface area contributed by atoms with Crippen LogP contribution in [0.25, 0.3) is 0 Å². The van der Waals surface area contributed by atoms with Crippen LogP contribution in [0.3, 0.4) is 0 Å². The highest BCUT2D eigenvalue weighted by atomic mass is 35.6. The number of carbonyl (C=O) groups is 1. The van der Waals surface area contributed by atoms with Gasteiger partial charge in [0, 0.05) is 0 Å². The number of likely N-dealkylation sites (N-methyl/N-ethyl adjacent to an activating group) is 1. The fourth-order valence-corrected chi connectivity index (χ4v) is 1.09. The van der Waals surface area contributed by atoms with Gasteiger partial charge in [-0.1, -0.05) is 48.1 Å². The fourth-order valence-electron chi connectivity index (χ4n) is 0.922. The Kier molecular flexibility index (Phi) is 6.87. The lowest BCUT2D eigenvalue weighted by molar-refractivity contribution is -0.146. The number of nitrogens with one attached hydrogen (secondary N) is 1. The van der Waals surface area contributed by atoms with Crippen molar-refractivity contribution in [3.63, 3.8) is 0 Å². The van der Waals surface area contributed by atoms with Crippen molar-refractivity contribution in [3.8, 4) is 0 Å². The maximum atomic E-state index is 11.4. The van der Waals surface area contributed by atoms with E-state index in [9.17, 15) is 4.79 Å². The molecule has 0 spiro atoms. The molecule has 1 unspecified atom stereocenters. The number of halogens is 3. The molecular weight excluding hydrogens is 248 g/mol. The van der Waals surface area contributed by atoms with E-state index in [1.165, 1.54) is 0 Å². The van der Waals surface area contributed by atoms with E-state index < -0.39 is 3.79 Å². The molecule has 0 heterocycles. The van der Waals surface area contributed by atoms with Gasteiger partial charge in [0.05, 0.1) is 0 Å². The fraction of sp³-hybridized carbons (Fsp3) is 0.875. The van der Waals surface area contributed by atoms with Crippen molar-refractivity contribution in [1.82, 2.24) is 5.32 Å². The molecular formula is C8H14Cl3NO2. The average Bonchev–Trinajstić information content (AvgIpc) is 2.09. The molecule has 0 aliphatic carbocycles. The molecule has 0 aromatic carbocycles. The first kappa shape index (κ1) is 14.3. The standard InChI is InChI=1S/C8H14Cl3NO2/c1-3-4-6(12-2)7(13)14-5-8(9,10)11/h6,12H,3-5H2,1-2H3. The van der Waals surface area contributed by atoms with E-state index in [-0.39, 0.29) is 18.6 Å². The van der Waals surface area contributed by atoms with E-state index in [1.807, 2.05) is 6.92 Å². The van der Waals surface area contributed by atoms with Gasteiger partial charge in [-0.3, -0.25) is 4.79 Å². The first-order chi connectivity index (χ1) is 6.40. The van der Waals surface area contributed by atoms with Crippen LogP contribution in [0, 0.1) is 0 Å². The second-order valence-corrected chi connectivity index (χ2v) is 5.37. The van der Waals surface area contributed by atoms with Gasteiger partial charge in [-0.25, -0.2) is 0 Å². The van der Waals surface area contributed by atoms with Crippen LogP contribution in [0.2, 0.25) is 0 Å². The van der Waals surface area contributed by atoms with Gasteiger partial charge in [0.15, 0.2) is 0 Å². The maximum absolute atomic E-state index is 11.4. The molecule has 14 heavy (non-hydrogen) atoms. The Morgan fingerprint density at radius 3 is 2.43 bits per heavy atom. The normalized spacial score (nSPS) is 13.8. The van der Waals surface area contributed by atoms with E-state index in [1.54, 1.807) is 7.05 Å². The zero-order valence-electron chi connectivity index (χ0n) is 8.15. The summed E-state index contributed by atoms with van der Waals surface area (Å²) in [6.07, 6.45) is 1.59. The maximum Gasteiger partial charge on any atom is 0.323 e. The van der Waals surface area contributed by atoms with Crippen LogP contribution in [0.5, 0.6) is 0 Å². The monoisotopic (exact) mass is 261 g/mol. The lowest BCUT2D eigenvalue weighted by Gasteiger charge is -2.16. The smallest absolute Gasteiger partial charge is 0.323 e. The second-order valence-electron chi connectivity index (χ2n) is 2.85. The van der Waals surface area contributed by atoms with Crippen LogP contribution in [-0.4, -0.2) is 29.5 Å². The minimum Gasteiger partial charge on any atom is -0.460 e. The van der Waals surface area contributed by atoms with E-state index >= 15 is 0 Å². The third kappa shape index (κ3) is 6.71. The topological polar surface area (TPSA) is 38.3 Å². The minimum atomic E-state index is -1.54. The van der Waals surface area contributed by atoms with Gasteiger partial charge < -0.3 is 10.1 Å². The summed E-state index contributed by atoms with van der Waals surface area (Å²) in [5.41, 5.74) is 0. The molecule has 0 fully saturated rings. The third-order valence-corrected chi connectivity index (χ3v) is 1.92. The zero-order valence-corrected chi connectivity index (χ0v) is 10.4. The van der Waals surface area contributed by atoms with Gasteiger partial charge in [0.1, 0.15) is 12.6 Å². The number of hydrogen-bond donors (Lipinski definition) is 1. The van der Waals surface area contributed by atoms with Crippen molar-refractivity contribution in [2.24, 2.45) is 0 Å². The summed E-state index contributed by atoms with van der Waals surface area (Å²) in [6.45, 7) is 1.75. The van der Waals surface area contributed by atoms with Crippen molar-refractivity contribution in [1.29, 1.82) is 0 Å². The Bertz CT molecular complexity index is 182. The molecule has 0 amide bonds. The van der Waals surface area contributed by atoms with Gasteiger partial charge in [-0.2, -0.15) is 0 Å². The summed E-state index contributed by atoms with van der Waals surface area (Å²) in [4.78, 5) is 11.4. The quantitative estimate of drug-likeness (QED) is 0.610. The summed E-state index contributed by atoms with van der Waals surface area (Å²) in [6, 6.07) is -0.327. The number of esters is 1. The highest BCUT2D eigenvalue weighted by Gasteiger charge is 2.24. The van der Waals surface area contributed by atoms with Crippen LogP contribution in [0.1, 0.15) is 19.8 Å². The molecule has 1 atom stereocenters. The van der Waals surface area contributed by atoms with Crippen LogP contribution in [0.4, 0.5) is 0 Å². The van der Waals surface area contributed by atoms with Crippen molar-refractivity contribution in [3.05, 3.63) is 0 Å². The molecule has 0 saturated heterocycles. The Morgan fingerprint density at radius 2 is 2.07 bits per heavy atom. The highest BCUT2D eigenvalue weighted by Crippen LogP contribution is 2.26. The molecule has 0 aliphatic rings. The van der Waals surface area contributed by atoms with E-state index in [0.717, 1.165) is 6.42 Å². The molecule has 0 aliphatic heterocycles. The number of rotatable bonds is 5. The van der Waals surface area contributed by atoms with E-state index in [2.05, 4.69) is 5.32 Å². The van der Waals surface area contributed by atoms with Crippen LogP contribution >= 0.6 is 34.8 Å². The van der Waals surface area contributed by atoms with Gasteiger partial charge >= 0.3 is 5.97 Å². The number of carbonyl (C=O) groups excluding carboxylic acids is 1. The van der Waals surface area contributed by atoms with Crippen LogP contribution < -0.4 is 5.32 Å². The number of ether oxygens (including phenoxy) is 1. The molecule has 0 rings (SSSR count). The van der Waals surface area contributed by atoms with Crippen molar-refractivity contribution >= 4 is 40.8 Å². The number of hydrogen-bond acceptors (Lipinski definition) is 3. The zero-order chi connectivity index (χ0) is 11.2. The Balaban J connectivity index is 3.93. The van der Waals surface area contributed by atoms with Crippen LogP contribution in [-0.2, 0) is 9.53 Å². The molecule has 3 nitrogen and oxygen atoms in total. The SMILES string of the molecule is CCCC(NC)C(=O)OCC(Cl)(Cl)Cl. The molecule has 6 heteroatoms. The molecule has 0 aromatic heterocycles. The minimum absolute atomic E-state index is 0.224. The Hall–Kier alpha value is 0.300. The largest absolute Gasteiger partial charge is 0.460 e. The molecule has 0 saturated carbocycles. The van der Waals surface area contributed by atoms with Gasteiger partial charge in [0.25, 0.3) is 0 Å². The summed E-state index contributed by atoms with van der Waals surface area (Å²) in [5, 5.41) is 2.84. The Labute approximate surface area is 99.0 Å². The highest BCUT2D eigenvalue weighted by molar-refractivity contribution is 6.67. The predicted octanol–water partition coefficient (Wildman–Crippen LogP) is 2.29. The Morgan fingerprint density at radius 1 is 1.50 bits per heavy atom. The summed E-state index contributed by atoms with van der Waals surface area (Å²) < 4.78 is 3.27. The van der Waals surface area contributed by atoms with Gasteiger partial charge in [-0.15, -0.1) is 0 Å². The molecule has 0 radical (unpaired) electrons. The average molecular weight is 263 g/mol. The molecule has 0 bridgehead atoms. The van der Waals surface area contributed by atoms with Gasteiger partial charge in [0.2, 0.25) is 3.79 Å². The first-order valence-electron chi connectivity index (χ1n) is 4.31. The van der Waals surface area contributed by atoms with Crippen molar-refractivity contribution < 1.29 is 9.53 Å². The van der Waals surface area contributed by atoms with Crippen LogP contribution in [0.15, 0.2) is 0 Å². The lowest BCUT2D eigenvalue weighted by atomic mass is 10.2. The summed E-state index contributed by atoms with van der Waals surface area (Å²) >= 11 is 16.3. The second kappa shape index (κ2) is 6.72. The summed E-state index contributed by atoms with van der Waals surface area (Å²) in [5.74, 6) is -0.388. The molecule has 0 aromatic rings. The van der Waals surface area contributed by atoms with Crippen molar-refractivity contribution in [2.45, 2.75) is 29.6 Å². The first-order valence-corrected chi connectivity index (χ1v) is 5.44. The summed E-state index contributed by atoms with van der Waals surface area (Å²) in [7, 11) is 1.69. The van der Waals surface area contributed by atoms with Gasteiger partial charge in [-0.05, 0) is 13.5 Å².